The highest BCUT2D eigenvalue weighted by Crippen LogP contribution is 2.43. The number of ether oxygens (including phenoxy) is 1. The molecule has 0 aromatic rings. The molecule has 0 heterocycles. The van der Waals surface area contributed by atoms with Gasteiger partial charge in [-0.05, 0) is 17.7 Å². The maximum Gasteiger partial charge on any atom is 0.482 e. The molecule has 0 saturated carbocycles. The first-order chi connectivity index (χ1) is 5.33. The van der Waals surface area contributed by atoms with Crippen molar-refractivity contribution in [3.63, 3.8) is 0 Å². The Morgan fingerprint density at radius 2 is 2.00 bits per heavy atom. The van der Waals surface area contributed by atoms with Crippen molar-refractivity contribution in [1.29, 1.82) is 0 Å². The molecule has 0 aliphatic heterocycles. The molecule has 0 fully saturated rings. The molecule has 3 nitrogen and oxygen atoms in total. The summed E-state index contributed by atoms with van der Waals surface area (Å²) in [6.07, 6.45) is 0. The van der Waals surface area contributed by atoms with Crippen molar-refractivity contribution in [2.75, 3.05) is 7.11 Å². The van der Waals surface area contributed by atoms with Gasteiger partial charge < -0.3 is 14.8 Å². The van der Waals surface area contributed by atoms with Gasteiger partial charge in [-0.2, -0.15) is 0 Å². The summed E-state index contributed by atoms with van der Waals surface area (Å²) in [5, 5.41) is 14.0. The van der Waals surface area contributed by atoms with E-state index in [-0.39, 0.29) is 7.69 Å². The van der Waals surface area contributed by atoms with Crippen molar-refractivity contribution < 1.29 is 14.8 Å². The zero-order chi connectivity index (χ0) is 8.27. The van der Waals surface area contributed by atoms with Crippen LogP contribution in [-0.2, 0) is 0 Å². The van der Waals surface area contributed by atoms with Crippen LogP contribution in [-0.4, -0.2) is 24.8 Å². The monoisotopic (exact) mass is 151 g/mol. The van der Waals surface area contributed by atoms with Crippen LogP contribution < -0.4 is 4.74 Å². The third-order valence-electron chi connectivity index (χ3n) is 1.43. The summed E-state index contributed by atoms with van der Waals surface area (Å²) in [7, 11) is 1.70. The second kappa shape index (κ2) is 3.41. The molecule has 0 unspecified atom stereocenters. The van der Waals surface area contributed by atoms with Crippen LogP contribution in [0.2, 0.25) is 0 Å². The van der Waals surface area contributed by atoms with E-state index in [1.807, 2.05) is 6.07 Å². The van der Waals surface area contributed by atoms with Gasteiger partial charge in [0, 0.05) is 5.56 Å². The van der Waals surface area contributed by atoms with E-state index in [0.717, 1.165) is 5.75 Å². The number of hydrogen-bond donors (Lipinski definition) is 2. The van der Waals surface area contributed by atoms with Crippen molar-refractivity contribution in [3.8, 4) is 16.9 Å². The average molecular weight is 151 g/mol. The Kier molecular flexibility index (Phi) is 2.51. The Hall–Kier alpha value is -0.995. The summed E-state index contributed by atoms with van der Waals surface area (Å²) < 4.78 is 5.01. The summed E-state index contributed by atoms with van der Waals surface area (Å²) in [6, 6.07) is 6.16. The molecule has 0 aromatic heterocycles. The number of benzene rings is 1. The van der Waals surface area contributed by atoms with Gasteiger partial charge in [0.05, 0.1) is 7.11 Å². The minimum absolute atomic E-state index is 0. The van der Waals surface area contributed by atoms with Crippen LogP contribution in [0.4, 0.5) is 0 Å². The molecule has 0 bridgehead atoms. The molecule has 2 N–H and O–H groups in total. The first kappa shape index (κ1) is 8.10. The quantitative estimate of drug-likeness (QED) is 0.571. The number of rotatable bonds is 1. The van der Waals surface area contributed by atoms with Gasteiger partial charge in [-0.15, -0.1) is 0 Å². The molecular weight excluding hydrogens is 143 g/mol. The zero-order valence-electron chi connectivity index (χ0n) is 6.11. The van der Waals surface area contributed by atoms with Gasteiger partial charge in [0.2, 0.25) is 0 Å². The van der Waals surface area contributed by atoms with E-state index in [4.69, 9.17) is 14.8 Å². The Morgan fingerprint density at radius 3 is 2.18 bits per heavy atom. The van der Waals surface area contributed by atoms with Crippen molar-refractivity contribution in [3.05, 3.63) is 18.2 Å². The first-order valence-corrected chi connectivity index (χ1v) is 3.12. The van der Waals surface area contributed by atoms with E-state index in [0.29, 0.717) is 0 Å². The molecule has 0 saturated heterocycles. The molecule has 0 aromatic carbocycles. The lowest BCUT2D eigenvalue weighted by Gasteiger charge is -1.89. The van der Waals surface area contributed by atoms with Gasteiger partial charge in [-0.1, -0.05) is 6.07 Å². The van der Waals surface area contributed by atoms with E-state index in [2.05, 4.69) is 12.1 Å². The molecule has 0 spiro atoms. The Bertz CT molecular complexity index is 249. The average Bonchev–Trinajstić information content (AvgIpc) is 2.66. The molecule has 0 atom stereocenters. The van der Waals surface area contributed by atoms with Crippen LogP contribution >= 0.6 is 0 Å². The number of hydrogen-bond acceptors (Lipinski definition) is 3. The van der Waals surface area contributed by atoms with Crippen molar-refractivity contribution in [2.45, 2.75) is 0 Å². The summed E-state index contributed by atoms with van der Waals surface area (Å²) >= 11 is 0. The Morgan fingerprint density at radius 1 is 1.36 bits per heavy atom. The van der Waals surface area contributed by atoms with E-state index < -0.39 is 0 Å². The predicted molar refractivity (Wildman–Crippen MR) is 42.2 cm³/mol. The fourth-order valence-corrected chi connectivity index (χ4v) is 0.904. The molecule has 2 rings (SSSR count). The fourth-order valence-electron chi connectivity index (χ4n) is 0.904. The third-order valence-corrected chi connectivity index (χ3v) is 1.43. The fraction of sp³-hybridized carbons (Fsp3) is 0.143. The van der Waals surface area contributed by atoms with Crippen LogP contribution in [0.3, 0.4) is 0 Å². The summed E-state index contributed by atoms with van der Waals surface area (Å²) in [5.74, 6) is 1.01. The normalized spacial score (nSPS) is 9.36. The smallest absolute Gasteiger partial charge is 0.482 e. The van der Waals surface area contributed by atoms with Crippen LogP contribution in [0.15, 0.2) is 18.2 Å². The minimum atomic E-state index is 0. The van der Waals surface area contributed by atoms with Gasteiger partial charge in [0.15, 0.2) is 0 Å². The number of fused-ring (bicyclic) bond motifs is 1. The molecule has 11 heavy (non-hydrogen) atoms. The van der Waals surface area contributed by atoms with E-state index in [9.17, 15) is 0 Å². The summed E-state index contributed by atoms with van der Waals surface area (Å²) in [6.45, 7) is 0. The third kappa shape index (κ3) is 1.72. The van der Waals surface area contributed by atoms with Crippen LogP contribution in [0.25, 0.3) is 11.1 Å². The maximum absolute atomic E-state index is 7.00. The molecular formula is C7H8BO3. The highest BCUT2D eigenvalue weighted by molar-refractivity contribution is 6.13. The second-order valence-corrected chi connectivity index (χ2v) is 2.03. The van der Waals surface area contributed by atoms with Crippen LogP contribution in [0.5, 0.6) is 5.75 Å². The standard InChI is InChI=1S/C7H6O.BH2O2/c1-8-7-3-2-5-4-6(5)7;2-1-3/h2-4H,1H3;2-3H. The zero-order valence-corrected chi connectivity index (χ0v) is 6.11. The summed E-state index contributed by atoms with van der Waals surface area (Å²) in [4.78, 5) is 0. The predicted octanol–water partition coefficient (Wildman–Crippen LogP) is 0.181. The molecule has 1 radical (unpaired) electrons. The molecule has 57 valence electrons. The van der Waals surface area contributed by atoms with Crippen LogP contribution in [0, 0.1) is 0 Å². The van der Waals surface area contributed by atoms with Crippen molar-refractivity contribution in [2.24, 2.45) is 0 Å². The van der Waals surface area contributed by atoms with E-state index in [1.54, 1.807) is 7.11 Å². The van der Waals surface area contributed by atoms with E-state index >= 15 is 0 Å². The van der Waals surface area contributed by atoms with E-state index in [1.165, 1.54) is 11.1 Å². The van der Waals surface area contributed by atoms with Gasteiger partial charge in [-0.3, -0.25) is 0 Å². The Labute approximate surface area is 65.6 Å². The van der Waals surface area contributed by atoms with Crippen LogP contribution in [0.1, 0.15) is 0 Å². The van der Waals surface area contributed by atoms with Gasteiger partial charge in [-0.25, -0.2) is 0 Å². The lowest BCUT2D eigenvalue weighted by molar-refractivity contribution is 0.418. The molecule has 2 aliphatic rings. The lowest BCUT2D eigenvalue weighted by Crippen LogP contribution is -1.75. The SMILES string of the molecule is COc1ccc2cc1-2.O[B]O. The van der Waals surface area contributed by atoms with Crippen molar-refractivity contribution in [1.82, 2.24) is 0 Å². The molecule has 4 heteroatoms. The maximum atomic E-state index is 7.00. The molecule has 2 aliphatic carbocycles. The molecule has 0 amide bonds. The largest absolute Gasteiger partial charge is 0.496 e. The highest BCUT2D eigenvalue weighted by atomic mass is 16.5. The topological polar surface area (TPSA) is 49.7 Å². The lowest BCUT2D eigenvalue weighted by atomic mass is 10.5. The first-order valence-electron chi connectivity index (χ1n) is 3.12. The number of methoxy groups -OCH3 is 1. The van der Waals surface area contributed by atoms with Gasteiger partial charge in [0.25, 0.3) is 0 Å². The minimum Gasteiger partial charge on any atom is -0.496 e. The van der Waals surface area contributed by atoms with Gasteiger partial charge in [0.1, 0.15) is 5.75 Å². The summed E-state index contributed by atoms with van der Waals surface area (Å²) in [5.41, 5.74) is 2.62. The Balaban J connectivity index is 0.000000179. The highest BCUT2D eigenvalue weighted by Gasteiger charge is 2.16. The second-order valence-electron chi connectivity index (χ2n) is 2.03. The van der Waals surface area contributed by atoms with Crippen molar-refractivity contribution >= 4 is 7.69 Å². The van der Waals surface area contributed by atoms with Gasteiger partial charge >= 0.3 is 7.69 Å².